The summed E-state index contributed by atoms with van der Waals surface area (Å²) in [5, 5.41) is 9.34. The van der Waals surface area contributed by atoms with Gasteiger partial charge in [0.1, 0.15) is 0 Å². The van der Waals surface area contributed by atoms with Crippen molar-refractivity contribution in [2.75, 3.05) is 6.54 Å². The van der Waals surface area contributed by atoms with Gasteiger partial charge in [-0.25, -0.2) is 4.79 Å². The summed E-state index contributed by atoms with van der Waals surface area (Å²) in [4.78, 5) is 11.3. The molecule has 0 aliphatic carbocycles. The Bertz CT molecular complexity index is 324. The molecule has 3 nitrogen and oxygen atoms in total. The molecule has 2 unspecified atom stereocenters. The van der Waals surface area contributed by atoms with E-state index in [4.69, 9.17) is 0 Å². The second kappa shape index (κ2) is 5.43. The SMILES string of the molecule is CC(C)CC1C[C@H]2CC[C@@H](C1)[N+]2(CC(=O)O)C(C)C. The van der Waals surface area contributed by atoms with Gasteiger partial charge in [-0.3, -0.25) is 0 Å². The summed E-state index contributed by atoms with van der Waals surface area (Å²) in [5.74, 6) is 0.979. The first-order valence-electron chi connectivity index (χ1n) is 7.95. The molecular formula is C16H30NO2+. The van der Waals surface area contributed by atoms with E-state index in [1.54, 1.807) is 0 Å². The molecule has 0 saturated carbocycles. The molecule has 0 spiro atoms. The minimum atomic E-state index is -0.618. The first-order chi connectivity index (χ1) is 8.86. The lowest BCUT2D eigenvalue weighted by Gasteiger charge is -2.52. The average molecular weight is 268 g/mol. The second-order valence-electron chi connectivity index (χ2n) is 7.49. The topological polar surface area (TPSA) is 37.3 Å². The largest absolute Gasteiger partial charge is 0.477 e. The molecule has 2 rings (SSSR count). The lowest BCUT2D eigenvalue weighted by Crippen LogP contribution is -2.65. The van der Waals surface area contributed by atoms with E-state index in [9.17, 15) is 9.90 Å². The summed E-state index contributed by atoms with van der Waals surface area (Å²) in [6.45, 7) is 9.38. The number of carboxylic acid groups (broad SMARTS) is 1. The van der Waals surface area contributed by atoms with Crippen molar-refractivity contribution in [3.63, 3.8) is 0 Å². The van der Waals surface area contributed by atoms with Crippen molar-refractivity contribution in [2.24, 2.45) is 11.8 Å². The average Bonchev–Trinajstić information content (AvgIpc) is 2.47. The summed E-state index contributed by atoms with van der Waals surface area (Å²) in [6, 6.07) is 1.63. The number of rotatable bonds is 5. The highest BCUT2D eigenvalue weighted by Crippen LogP contribution is 2.47. The van der Waals surface area contributed by atoms with Crippen LogP contribution in [0.5, 0.6) is 0 Å². The Labute approximate surface area is 117 Å². The van der Waals surface area contributed by atoms with Crippen molar-refractivity contribution in [1.29, 1.82) is 0 Å². The molecule has 0 amide bonds. The Balaban J connectivity index is 2.17. The molecular weight excluding hydrogens is 238 g/mol. The second-order valence-corrected chi connectivity index (χ2v) is 7.49. The Hall–Kier alpha value is -0.570. The van der Waals surface area contributed by atoms with E-state index in [0.29, 0.717) is 24.7 Å². The summed E-state index contributed by atoms with van der Waals surface area (Å²) >= 11 is 0. The quantitative estimate of drug-likeness (QED) is 0.777. The fourth-order valence-corrected chi connectivity index (χ4v) is 5.04. The van der Waals surface area contributed by atoms with Crippen molar-refractivity contribution in [3.05, 3.63) is 0 Å². The van der Waals surface area contributed by atoms with Crippen LogP contribution in [-0.4, -0.2) is 40.2 Å². The minimum absolute atomic E-state index is 0.335. The Morgan fingerprint density at radius 1 is 1.16 bits per heavy atom. The van der Waals surface area contributed by atoms with Gasteiger partial charge in [0.2, 0.25) is 0 Å². The zero-order chi connectivity index (χ0) is 14.2. The van der Waals surface area contributed by atoms with Crippen LogP contribution in [0.15, 0.2) is 0 Å². The van der Waals surface area contributed by atoms with Gasteiger partial charge < -0.3 is 9.59 Å². The van der Waals surface area contributed by atoms with E-state index < -0.39 is 5.97 Å². The maximum atomic E-state index is 11.3. The normalized spacial score (nSPS) is 38.1. The summed E-state index contributed by atoms with van der Waals surface area (Å²) in [5.41, 5.74) is 0. The van der Waals surface area contributed by atoms with Gasteiger partial charge in [-0.05, 0) is 32.1 Å². The molecule has 2 fully saturated rings. The van der Waals surface area contributed by atoms with E-state index in [-0.39, 0.29) is 0 Å². The maximum Gasteiger partial charge on any atom is 0.359 e. The molecule has 2 bridgehead atoms. The van der Waals surface area contributed by atoms with Gasteiger partial charge in [0, 0.05) is 25.7 Å². The van der Waals surface area contributed by atoms with Gasteiger partial charge in [0.05, 0.1) is 18.1 Å². The van der Waals surface area contributed by atoms with Crippen molar-refractivity contribution >= 4 is 5.97 Å². The number of fused-ring (bicyclic) bond motifs is 2. The van der Waals surface area contributed by atoms with Gasteiger partial charge in [-0.15, -0.1) is 0 Å². The van der Waals surface area contributed by atoms with Crippen LogP contribution in [0.4, 0.5) is 0 Å². The predicted molar refractivity (Wildman–Crippen MR) is 76.9 cm³/mol. The smallest absolute Gasteiger partial charge is 0.359 e. The predicted octanol–water partition coefficient (Wildman–Crippen LogP) is 3.28. The maximum absolute atomic E-state index is 11.3. The number of hydrogen-bond donors (Lipinski definition) is 1. The molecule has 2 saturated heterocycles. The van der Waals surface area contributed by atoms with E-state index in [0.717, 1.165) is 16.3 Å². The molecule has 19 heavy (non-hydrogen) atoms. The van der Waals surface area contributed by atoms with E-state index in [1.807, 2.05) is 0 Å². The Morgan fingerprint density at radius 2 is 1.68 bits per heavy atom. The molecule has 0 aromatic rings. The van der Waals surface area contributed by atoms with Crippen molar-refractivity contribution in [1.82, 2.24) is 0 Å². The molecule has 3 heteroatoms. The van der Waals surface area contributed by atoms with Crippen LogP contribution in [0.1, 0.15) is 59.8 Å². The number of carboxylic acids is 1. The molecule has 2 aliphatic heterocycles. The van der Waals surface area contributed by atoms with Crippen LogP contribution in [0.2, 0.25) is 0 Å². The van der Waals surface area contributed by atoms with E-state index in [2.05, 4.69) is 27.7 Å². The van der Waals surface area contributed by atoms with E-state index in [1.165, 1.54) is 32.1 Å². The molecule has 2 heterocycles. The third kappa shape index (κ3) is 2.67. The van der Waals surface area contributed by atoms with Crippen LogP contribution in [0.25, 0.3) is 0 Å². The lowest BCUT2D eigenvalue weighted by molar-refractivity contribution is -0.979. The Kier molecular flexibility index (Phi) is 4.24. The first kappa shape index (κ1) is 14.8. The van der Waals surface area contributed by atoms with E-state index >= 15 is 0 Å². The zero-order valence-electron chi connectivity index (χ0n) is 12.9. The number of carbonyl (C=O) groups is 1. The number of hydrogen-bond acceptors (Lipinski definition) is 1. The molecule has 1 N–H and O–H groups in total. The third-order valence-electron chi connectivity index (χ3n) is 5.58. The fraction of sp³-hybridized carbons (Fsp3) is 0.938. The molecule has 2 aliphatic rings. The Morgan fingerprint density at radius 3 is 2.05 bits per heavy atom. The molecule has 0 aromatic carbocycles. The zero-order valence-corrected chi connectivity index (χ0v) is 12.9. The summed E-state index contributed by atoms with van der Waals surface area (Å²) in [6.07, 6.45) is 6.30. The highest BCUT2D eigenvalue weighted by molar-refractivity contribution is 5.68. The van der Waals surface area contributed by atoms with Crippen LogP contribution >= 0.6 is 0 Å². The molecule has 0 aromatic heterocycles. The number of piperidine rings is 1. The highest BCUT2D eigenvalue weighted by Gasteiger charge is 2.56. The van der Waals surface area contributed by atoms with Crippen LogP contribution in [0, 0.1) is 11.8 Å². The van der Waals surface area contributed by atoms with Gasteiger partial charge in [-0.2, -0.15) is 0 Å². The molecule has 110 valence electrons. The standard InChI is InChI=1S/C16H29NO2/c1-11(2)7-13-8-14-5-6-15(9-13)17(14,12(3)4)10-16(18)19/h11-15H,5-10H2,1-4H3/p+1/t13?,14-,15+,17?. The van der Waals surface area contributed by atoms with Crippen LogP contribution in [0.3, 0.4) is 0 Å². The highest BCUT2D eigenvalue weighted by atomic mass is 16.4. The minimum Gasteiger partial charge on any atom is -0.477 e. The van der Waals surface area contributed by atoms with Crippen molar-refractivity contribution in [2.45, 2.75) is 77.9 Å². The third-order valence-corrected chi connectivity index (χ3v) is 5.58. The van der Waals surface area contributed by atoms with Crippen LogP contribution in [-0.2, 0) is 4.79 Å². The van der Waals surface area contributed by atoms with Crippen molar-refractivity contribution < 1.29 is 14.4 Å². The fourth-order valence-electron chi connectivity index (χ4n) is 5.04. The van der Waals surface area contributed by atoms with Gasteiger partial charge in [0.15, 0.2) is 6.54 Å². The summed E-state index contributed by atoms with van der Waals surface area (Å²) in [7, 11) is 0. The number of nitrogens with zero attached hydrogens (tertiary/aromatic N) is 1. The first-order valence-corrected chi connectivity index (χ1v) is 7.95. The van der Waals surface area contributed by atoms with Crippen LogP contribution < -0.4 is 0 Å². The molecule has 0 radical (unpaired) electrons. The lowest BCUT2D eigenvalue weighted by atomic mass is 9.82. The van der Waals surface area contributed by atoms with Crippen molar-refractivity contribution in [3.8, 4) is 0 Å². The summed E-state index contributed by atoms with van der Waals surface area (Å²) < 4.78 is 0.865. The number of aliphatic carboxylic acids is 1. The monoisotopic (exact) mass is 268 g/mol. The van der Waals surface area contributed by atoms with Gasteiger partial charge in [-0.1, -0.05) is 13.8 Å². The number of quaternary nitrogens is 1. The van der Waals surface area contributed by atoms with Gasteiger partial charge in [0.25, 0.3) is 0 Å². The molecule has 4 atom stereocenters. The van der Waals surface area contributed by atoms with Gasteiger partial charge >= 0.3 is 5.97 Å².